The highest BCUT2D eigenvalue weighted by Gasteiger charge is 2.33. The summed E-state index contributed by atoms with van der Waals surface area (Å²) in [6.07, 6.45) is 1.54. The number of nitro groups is 1. The standard InChI is InChI=1S/C31H29N3O8S/c1-6-40-30(36)27-18(4)32-31-33(28(27)19-7-9-20(10-8-19)41-17(2)3)29(35)26(43-31)16-22-12-14-25(42-22)23-13-11-21(39-5)15-24(23)34(37)38/h7-17,28H,6H2,1-5H3/b26-16-/t28-/m1/s1. The van der Waals surface area contributed by atoms with Gasteiger partial charge in [-0.2, -0.15) is 0 Å². The second-order valence-electron chi connectivity index (χ2n) is 9.88. The van der Waals surface area contributed by atoms with Gasteiger partial charge in [-0.15, -0.1) is 0 Å². The lowest BCUT2D eigenvalue weighted by molar-refractivity contribution is -0.384. The van der Waals surface area contributed by atoms with Gasteiger partial charge >= 0.3 is 5.97 Å². The first-order valence-corrected chi connectivity index (χ1v) is 14.3. The maximum atomic E-state index is 13.9. The van der Waals surface area contributed by atoms with Crippen molar-refractivity contribution in [2.45, 2.75) is 39.8 Å². The Morgan fingerprint density at radius 3 is 2.53 bits per heavy atom. The molecule has 0 amide bonds. The molecule has 1 aliphatic heterocycles. The molecule has 5 rings (SSSR count). The summed E-state index contributed by atoms with van der Waals surface area (Å²) in [4.78, 5) is 43.2. The molecule has 0 saturated heterocycles. The van der Waals surface area contributed by atoms with Gasteiger partial charge in [0.2, 0.25) is 0 Å². The highest BCUT2D eigenvalue weighted by molar-refractivity contribution is 7.07. The van der Waals surface area contributed by atoms with Crippen LogP contribution in [0.25, 0.3) is 17.4 Å². The second-order valence-corrected chi connectivity index (χ2v) is 10.9. The summed E-state index contributed by atoms with van der Waals surface area (Å²) in [7, 11) is 1.43. The summed E-state index contributed by atoms with van der Waals surface area (Å²) in [5.41, 5.74) is 1.13. The molecule has 1 atom stereocenters. The highest BCUT2D eigenvalue weighted by atomic mass is 32.1. The van der Waals surface area contributed by atoms with E-state index in [9.17, 15) is 19.7 Å². The zero-order valence-corrected chi connectivity index (χ0v) is 25.0. The first kappa shape index (κ1) is 29.5. The Hall–Kier alpha value is -4.97. The predicted molar refractivity (Wildman–Crippen MR) is 160 cm³/mol. The number of carbonyl (C=O) groups is 1. The summed E-state index contributed by atoms with van der Waals surface area (Å²) in [6.45, 7) is 7.45. The van der Waals surface area contributed by atoms with Gasteiger partial charge in [-0.05, 0) is 69.7 Å². The van der Waals surface area contributed by atoms with Crippen molar-refractivity contribution in [2.75, 3.05) is 13.7 Å². The minimum Gasteiger partial charge on any atom is -0.497 e. The summed E-state index contributed by atoms with van der Waals surface area (Å²) in [5.74, 6) is 1.03. The van der Waals surface area contributed by atoms with Crippen molar-refractivity contribution in [1.29, 1.82) is 0 Å². The summed E-state index contributed by atoms with van der Waals surface area (Å²) in [6, 6.07) is 14.2. The lowest BCUT2D eigenvalue weighted by Gasteiger charge is -2.25. The average molecular weight is 604 g/mol. The van der Waals surface area contributed by atoms with Crippen molar-refractivity contribution in [3.8, 4) is 22.8 Å². The van der Waals surface area contributed by atoms with Gasteiger partial charge in [0, 0.05) is 6.08 Å². The Balaban J connectivity index is 1.60. The van der Waals surface area contributed by atoms with Gasteiger partial charge in [0.25, 0.3) is 11.2 Å². The van der Waals surface area contributed by atoms with Crippen molar-refractivity contribution in [3.63, 3.8) is 0 Å². The van der Waals surface area contributed by atoms with E-state index in [2.05, 4.69) is 4.99 Å². The number of nitrogens with zero attached hydrogens (tertiary/aromatic N) is 3. The quantitative estimate of drug-likeness (QED) is 0.152. The molecule has 4 aromatic rings. The van der Waals surface area contributed by atoms with Crippen LogP contribution in [-0.4, -0.2) is 35.3 Å². The molecule has 3 heterocycles. The predicted octanol–water partition coefficient (Wildman–Crippen LogP) is 4.76. The normalized spacial score (nSPS) is 14.8. The summed E-state index contributed by atoms with van der Waals surface area (Å²) < 4.78 is 23.9. The fraction of sp³-hybridized carbons (Fsp3) is 0.258. The Morgan fingerprint density at radius 2 is 1.88 bits per heavy atom. The van der Waals surface area contributed by atoms with E-state index in [0.717, 1.165) is 11.3 Å². The Morgan fingerprint density at radius 1 is 1.16 bits per heavy atom. The molecule has 0 bridgehead atoms. The number of benzene rings is 2. The molecular weight excluding hydrogens is 574 g/mol. The summed E-state index contributed by atoms with van der Waals surface area (Å²) >= 11 is 1.15. The Labute approximate surface area is 250 Å². The van der Waals surface area contributed by atoms with Crippen LogP contribution in [0.5, 0.6) is 11.5 Å². The molecule has 0 radical (unpaired) electrons. The van der Waals surface area contributed by atoms with Crippen molar-refractivity contribution in [1.82, 2.24) is 4.57 Å². The second kappa shape index (κ2) is 12.1. The minimum absolute atomic E-state index is 0.0151. The van der Waals surface area contributed by atoms with Gasteiger partial charge in [-0.1, -0.05) is 23.5 Å². The van der Waals surface area contributed by atoms with E-state index >= 15 is 0 Å². The van der Waals surface area contributed by atoms with Crippen LogP contribution < -0.4 is 24.4 Å². The van der Waals surface area contributed by atoms with Crippen LogP contribution in [0.15, 0.2) is 80.1 Å². The number of ether oxygens (including phenoxy) is 3. The SMILES string of the molecule is CCOC(=O)C1=C(C)N=c2s/c(=C\c3ccc(-c4ccc(OC)cc4[N+](=O)[O-])o3)c(=O)n2[C@@H]1c1ccc(OC(C)C)cc1. The summed E-state index contributed by atoms with van der Waals surface area (Å²) in [5, 5.41) is 11.7. The molecule has 0 saturated carbocycles. The molecule has 1 aliphatic rings. The number of furan rings is 1. The monoisotopic (exact) mass is 603 g/mol. The number of esters is 1. The van der Waals surface area contributed by atoms with E-state index in [1.807, 2.05) is 26.0 Å². The number of thiazole rings is 1. The van der Waals surface area contributed by atoms with Gasteiger partial charge in [-0.3, -0.25) is 19.5 Å². The fourth-order valence-corrected chi connectivity index (χ4v) is 5.84. The van der Waals surface area contributed by atoms with Gasteiger partial charge in [0.05, 0.1) is 58.2 Å². The highest BCUT2D eigenvalue weighted by Crippen LogP contribution is 2.35. The van der Waals surface area contributed by atoms with E-state index < -0.39 is 16.9 Å². The number of hydrogen-bond donors (Lipinski definition) is 0. The molecule has 12 heteroatoms. The average Bonchev–Trinajstić information content (AvgIpc) is 3.56. The molecule has 43 heavy (non-hydrogen) atoms. The lowest BCUT2D eigenvalue weighted by Crippen LogP contribution is -2.39. The largest absolute Gasteiger partial charge is 0.497 e. The molecule has 11 nitrogen and oxygen atoms in total. The molecule has 222 valence electrons. The lowest BCUT2D eigenvalue weighted by atomic mass is 9.96. The Bertz CT molecular complexity index is 1910. The third-order valence-electron chi connectivity index (χ3n) is 6.65. The molecule has 0 aliphatic carbocycles. The number of nitro benzene ring substituents is 1. The number of carbonyl (C=O) groups excluding carboxylic acids is 1. The van der Waals surface area contributed by atoms with E-state index in [1.54, 1.807) is 56.3 Å². The van der Waals surface area contributed by atoms with Gasteiger partial charge in [0.1, 0.15) is 23.0 Å². The number of methoxy groups -OCH3 is 1. The van der Waals surface area contributed by atoms with Crippen LogP contribution >= 0.6 is 11.3 Å². The van der Waals surface area contributed by atoms with Crippen LogP contribution in [0.4, 0.5) is 5.69 Å². The van der Waals surface area contributed by atoms with E-state index in [1.165, 1.54) is 17.7 Å². The first-order valence-electron chi connectivity index (χ1n) is 13.5. The van der Waals surface area contributed by atoms with Crippen LogP contribution in [0.3, 0.4) is 0 Å². The zero-order valence-electron chi connectivity index (χ0n) is 24.2. The van der Waals surface area contributed by atoms with Crippen LogP contribution in [-0.2, 0) is 9.53 Å². The van der Waals surface area contributed by atoms with Crippen LogP contribution in [0.2, 0.25) is 0 Å². The number of allylic oxidation sites excluding steroid dienone is 1. The first-order chi connectivity index (χ1) is 20.6. The van der Waals surface area contributed by atoms with Gasteiger partial charge < -0.3 is 18.6 Å². The van der Waals surface area contributed by atoms with Crippen LogP contribution in [0.1, 0.15) is 45.1 Å². The third-order valence-corrected chi connectivity index (χ3v) is 7.63. The fourth-order valence-electron chi connectivity index (χ4n) is 4.81. The topological polar surface area (TPSA) is 135 Å². The minimum atomic E-state index is -0.778. The van der Waals surface area contributed by atoms with Crippen molar-refractivity contribution in [2.24, 2.45) is 4.99 Å². The molecular formula is C31H29N3O8S. The molecule has 0 spiro atoms. The van der Waals surface area contributed by atoms with E-state index in [4.69, 9.17) is 18.6 Å². The Kier molecular flexibility index (Phi) is 8.31. The van der Waals surface area contributed by atoms with Gasteiger partial charge in [-0.25, -0.2) is 9.79 Å². The molecule has 0 unspecified atom stereocenters. The van der Waals surface area contributed by atoms with E-state index in [0.29, 0.717) is 37.9 Å². The third kappa shape index (κ3) is 5.86. The van der Waals surface area contributed by atoms with Crippen molar-refractivity contribution >= 4 is 29.1 Å². The van der Waals surface area contributed by atoms with E-state index in [-0.39, 0.29) is 40.9 Å². The van der Waals surface area contributed by atoms with Crippen LogP contribution in [0, 0.1) is 10.1 Å². The molecule has 0 N–H and O–H groups in total. The molecule has 0 fully saturated rings. The number of rotatable bonds is 9. The van der Waals surface area contributed by atoms with Gasteiger partial charge in [0.15, 0.2) is 4.80 Å². The maximum Gasteiger partial charge on any atom is 0.338 e. The maximum absolute atomic E-state index is 13.9. The number of hydrogen-bond acceptors (Lipinski definition) is 10. The number of fused-ring (bicyclic) bond motifs is 1. The molecule has 2 aromatic heterocycles. The number of aromatic nitrogens is 1. The zero-order chi connectivity index (χ0) is 30.8. The van der Waals surface area contributed by atoms with Crippen molar-refractivity contribution < 1.29 is 28.3 Å². The van der Waals surface area contributed by atoms with Crippen molar-refractivity contribution in [3.05, 3.63) is 107 Å². The molecule has 2 aromatic carbocycles. The smallest absolute Gasteiger partial charge is 0.338 e.